The Morgan fingerprint density at radius 1 is 1.03 bits per heavy atom. The van der Waals surface area contributed by atoms with E-state index in [-0.39, 0.29) is 23.8 Å². The van der Waals surface area contributed by atoms with Gasteiger partial charge in [0.25, 0.3) is 0 Å². The summed E-state index contributed by atoms with van der Waals surface area (Å²) in [5, 5.41) is 2.77. The SMILES string of the molecule is COc1ccc(NC(=O)CCNS(=O)(=O)c2c(C)cc(C)cc2C)cc1OCc1cccnc1. The number of aryl methyl sites for hydroxylation is 3. The molecule has 1 aromatic heterocycles. The molecule has 1 amide bonds. The number of carbonyl (C=O) groups is 1. The molecule has 3 aromatic rings. The molecule has 0 saturated heterocycles. The van der Waals surface area contributed by atoms with Gasteiger partial charge in [0.05, 0.1) is 12.0 Å². The number of amides is 1. The van der Waals surface area contributed by atoms with Gasteiger partial charge in [0.1, 0.15) is 6.61 Å². The number of benzene rings is 2. The van der Waals surface area contributed by atoms with E-state index in [4.69, 9.17) is 9.47 Å². The third-order valence-corrected chi connectivity index (χ3v) is 6.85. The zero-order valence-corrected chi connectivity index (χ0v) is 20.5. The van der Waals surface area contributed by atoms with Crippen molar-refractivity contribution in [3.8, 4) is 11.5 Å². The summed E-state index contributed by atoms with van der Waals surface area (Å²) in [6.07, 6.45) is 3.36. The first-order valence-corrected chi connectivity index (χ1v) is 12.2. The molecule has 34 heavy (non-hydrogen) atoms. The van der Waals surface area contributed by atoms with E-state index in [1.165, 1.54) is 7.11 Å². The number of sulfonamides is 1. The fourth-order valence-electron chi connectivity index (χ4n) is 3.70. The average Bonchev–Trinajstić information content (AvgIpc) is 2.77. The Bertz CT molecular complexity index is 1240. The summed E-state index contributed by atoms with van der Waals surface area (Å²) in [5.41, 5.74) is 3.75. The lowest BCUT2D eigenvalue weighted by atomic mass is 10.1. The maximum Gasteiger partial charge on any atom is 0.241 e. The molecule has 3 rings (SSSR count). The molecule has 0 bridgehead atoms. The highest BCUT2D eigenvalue weighted by molar-refractivity contribution is 7.89. The van der Waals surface area contributed by atoms with Gasteiger partial charge in [-0.2, -0.15) is 0 Å². The van der Waals surface area contributed by atoms with Crippen LogP contribution in [0.3, 0.4) is 0 Å². The molecular weight excluding hydrogens is 454 g/mol. The van der Waals surface area contributed by atoms with Crippen LogP contribution in [-0.2, 0) is 21.4 Å². The van der Waals surface area contributed by atoms with Crippen molar-refractivity contribution in [2.45, 2.75) is 38.7 Å². The van der Waals surface area contributed by atoms with Crippen molar-refractivity contribution in [1.29, 1.82) is 0 Å². The van der Waals surface area contributed by atoms with E-state index in [0.717, 1.165) is 11.1 Å². The van der Waals surface area contributed by atoms with Gasteiger partial charge in [-0.15, -0.1) is 0 Å². The zero-order chi connectivity index (χ0) is 24.7. The number of rotatable bonds is 10. The van der Waals surface area contributed by atoms with E-state index in [9.17, 15) is 13.2 Å². The number of pyridine rings is 1. The van der Waals surface area contributed by atoms with Crippen molar-refractivity contribution in [2.75, 3.05) is 19.0 Å². The van der Waals surface area contributed by atoms with Crippen LogP contribution >= 0.6 is 0 Å². The van der Waals surface area contributed by atoms with Gasteiger partial charge >= 0.3 is 0 Å². The molecule has 2 aromatic carbocycles. The van der Waals surface area contributed by atoms with Gasteiger partial charge in [0.15, 0.2) is 11.5 Å². The lowest BCUT2D eigenvalue weighted by Gasteiger charge is -2.14. The Kier molecular flexibility index (Phi) is 8.25. The van der Waals surface area contributed by atoms with Gasteiger partial charge in [-0.05, 0) is 50.1 Å². The predicted molar refractivity (Wildman–Crippen MR) is 131 cm³/mol. The third-order valence-electron chi connectivity index (χ3n) is 5.08. The summed E-state index contributed by atoms with van der Waals surface area (Å²) in [5.74, 6) is 0.664. The maximum atomic E-state index is 12.8. The average molecular weight is 484 g/mol. The lowest BCUT2D eigenvalue weighted by Crippen LogP contribution is -2.29. The predicted octanol–water partition coefficient (Wildman–Crippen LogP) is 3.90. The van der Waals surface area contributed by atoms with Crippen LogP contribution in [0.4, 0.5) is 5.69 Å². The summed E-state index contributed by atoms with van der Waals surface area (Å²) in [6, 6.07) is 12.4. The highest BCUT2D eigenvalue weighted by Crippen LogP contribution is 2.31. The van der Waals surface area contributed by atoms with Gasteiger partial charge < -0.3 is 14.8 Å². The second-order valence-electron chi connectivity index (χ2n) is 7.94. The molecule has 180 valence electrons. The molecule has 8 nitrogen and oxygen atoms in total. The fourth-order valence-corrected chi connectivity index (χ4v) is 5.18. The van der Waals surface area contributed by atoms with E-state index in [1.54, 1.807) is 44.4 Å². The number of hydrogen-bond donors (Lipinski definition) is 2. The van der Waals surface area contributed by atoms with Gasteiger partial charge in [-0.25, -0.2) is 13.1 Å². The number of aromatic nitrogens is 1. The Morgan fingerprint density at radius 3 is 2.41 bits per heavy atom. The first kappa shape index (κ1) is 25.2. The summed E-state index contributed by atoms with van der Waals surface area (Å²) in [6.45, 7) is 5.71. The number of ether oxygens (including phenoxy) is 2. The van der Waals surface area contributed by atoms with Crippen molar-refractivity contribution < 1.29 is 22.7 Å². The lowest BCUT2D eigenvalue weighted by molar-refractivity contribution is -0.116. The molecule has 1 heterocycles. The third kappa shape index (κ3) is 6.55. The normalized spacial score (nSPS) is 11.2. The Morgan fingerprint density at radius 2 is 1.76 bits per heavy atom. The summed E-state index contributed by atoms with van der Waals surface area (Å²) in [7, 11) is -2.19. The highest BCUT2D eigenvalue weighted by atomic mass is 32.2. The van der Waals surface area contributed by atoms with Crippen LogP contribution in [0.15, 0.2) is 59.8 Å². The van der Waals surface area contributed by atoms with Crippen LogP contribution in [0.5, 0.6) is 11.5 Å². The van der Waals surface area contributed by atoms with E-state index in [2.05, 4.69) is 15.0 Å². The molecular formula is C25H29N3O5S. The van der Waals surface area contributed by atoms with Gasteiger partial charge in [-0.3, -0.25) is 9.78 Å². The smallest absolute Gasteiger partial charge is 0.241 e. The van der Waals surface area contributed by atoms with Crippen molar-refractivity contribution in [1.82, 2.24) is 9.71 Å². The summed E-state index contributed by atoms with van der Waals surface area (Å²) in [4.78, 5) is 16.7. The first-order chi connectivity index (χ1) is 16.2. The molecule has 0 aliphatic rings. The second kappa shape index (κ2) is 11.1. The number of hydrogen-bond acceptors (Lipinski definition) is 6. The molecule has 0 aliphatic heterocycles. The standard InChI is InChI=1S/C25H29N3O5S/c1-17-12-18(2)25(19(3)13-17)34(30,31)27-11-9-24(29)28-21-7-8-22(32-4)23(14-21)33-16-20-6-5-10-26-15-20/h5-8,10,12-15,27H,9,11,16H2,1-4H3,(H,28,29). The molecule has 0 aliphatic carbocycles. The van der Waals surface area contributed by atoms with Crippen LogP contribution in [0.25, 0.3) is 0 Å². The van der Waals surface area contributed by atoms with E-state index in [0.29, 0.717) is 34.9 Å². The van der Waals surface area contributed by atoms with Crippen molar-refractivity contribution in [3.05, 3.63) is 77.1 Å². The van der Waals surface area contributed by atoms with Gasteiger partial charge in [0.2, 0.25) is 15.9 Å². The minimum Gasteiger partial charge on any atom is -0.493 e. The first-order valence-electron chi connectivity index (χ1n) is 10.8. The molecule has 0 radical (unpaired) electrons. The van der Waals surface area contributed by atoms with Crippen LogP contribution in [-0.4, -0.2) is 33.0 Å². The minimum absolute atomic E-state index is 0.0263. The number of methoxy groups -OCH3 is 1. The number of anilines is 1. The number of nitrogens with zero attached hydrogens (tertiary/aromatic N) is 1. The summed E-state index contributed by atoms with van der Waals surface area (Å²) < 4.78 is 39.2. The Hall–Kier alpha value is -3.43. The fraction of sp³-hybridized carbons (Fsp3) is 0.280. The molecule has 0 saturated carbocycles. The van der Waals surface area contributed by atoms with E-state index < -0.39 is 10.0 Å². The molecule has 0 fully saturated rings. The van der Waals surface area contributed by atoms with Gasteiger partial charge in [0, 0.05) is 42.7 Å². The number of nitrogens with one attached hydrogen (secondary N) is 2. The Labute approximate surface area is 200 Å². The van der Waals surface area contributed by atoms with E-state index >= 15 is 0 Å². The largest absolute Gasteiger partial charge is 0.493 e. The molecule has 0 unspecified atom stereocenters. The van der Waals surface area contributed by atoms with Crippen LogP contribution in [0.1, 0.15) is 28.7 Å². The molecule has 2 N–H and O–H groups in total. The quantitative estimate of drug-likeness (QED) is 0.453. The molecule has 0 spiro atoms. The van der Waals surface area contributed by atoms with Crippen molar-refractivity contribution in [3.63, 3.8) is 0 Å². The highest BCUT2D eigenvalue weighted by Gasteiger charge is 2.20. The van der Waals surface area contributed by atoms with E-state index in [1.807, 2.05) is 31.2 Å². The van der Waals surface area contributed by atoms with Crippen molar-refractivity contribution >= 4 is 21.6 Å². The zero-order valence-electron chi connectivity index (χ0n) is 19.7. The van der Waals surface area contributed by atoms with Crippen molar-refractivity contribution in [2.24, 2.45) is 0 Å². The van der Waals surface area contributed by atoms with Crippen LogP contribution in [0, 0.1) is 20.8 Å². The van der Waals surface area contributed by atoms with Crippen LogP contribution < -0.4 is 19.5 Å². The monoisotopic (exact) mass is 483 g/mol. The topological polar surface area (TPSA) is 107 Å². The molecule has 0 atom stereocenters. The van der Waals surface area contributed by atoms with Gasteiger partial charge in [-0.1, -0.05) is 23.8 Å². The maximum absolute atomic E-state index is 12.8. The number of carbonyl (C=O) groups excluding carboxylic acids is 1. The second-order valence-corrected chi connectivity index (χ2v) is 9.64. The summed E-state index contributed by atoms with van der Waals surface area (Å²) >= 11 is 0. The minimum atomic E-state index is -3.73. The Balaban J connectivity index is 1.59. The molecule has 9 heteroatoms. The van der Waals surface area contributed by atoms with Crippen LogP contribution in [0.2, 0.25) is 0 Å².